The second-order valence-corrected chi connectivity index (χ2v) is 6.16. The van der Waals surface area contributed by atoms with Crippen molar-refractivity contribution in [2.75, 3.05) is 13.7 Å². The van der Waals surface area contributed by atoms with Crippen molar-refractivity contribution in [2.45, 2.75) is 55.6 Å². The fourth-order valence-corrected chi connectivity index (χ4v) is 4.55. The van der Waals surface area contributed by atoms with Crippen molar-refractivity contribution >= 4 is 5.97 Å². The molecule has 4 aliphatic rings. The number of hydrogen-bond donors (Lipinski definition) is 1. The van der Waals surface area contributed by atoms with Crippen molar-refractivity contribution in [1.29, 1.82) is 0 Å². The number of carbonyl (C=O) groups is 1. The highest BCUT2D eigenvalue weighted by Crippen LogP contribution is 2.54. The molecule has 5 heteroatoms. The van der Waals surface area contributed by atoms with Crippen LogP contribution in [-0.4, -0.2) is 59.5 Å². The largest absolute Gasteiger partial charge is 0.450 e. The second-order valence-electron chi connectivity index (χ2n) is 6.16. The molecule has 104 valence electrons. The van der Waals surface area contributed by atoms with Crippen molar-refractivity contribution < 1.29 is 19.4 Å². The molecule has 0 radical (unpaired) electrons. The lowest BCUT2D eigenvalue weighted by atomic mass is 9.76. The lowest BCUT2D eigenvalue weighted by molar-refractivity contribution is -0.149. The molecule has 5 atom stereocenters. The monoisotopic (exact) mass is 265 g/mol. The predicted molar refractivity (Wildman–Crippen MR) is 66.5 cm³/mol. The van der Waals surface area contributed by atoms with E-state index in [4.69, 9.17) is 9.47 Å². The fraction of sp³-hybridized carbons (Fsp3) is 0.786. The molecule has 5 nitrogen and oxygen atoms in total. The number of methoxy groups -OCH3 is 1. The molecule has 3 aliphatic heterocycles. The van der Waals surface area contributed by atoms with Crippen molar-refractivity contribution in [3.8, 4) is 0 Å². The number of rotatable bonds is 1. The molecule has 2 saturated heterocycles. The average Bonchev–Trinajstić information content (AvgIpc) is 2.85. The smallest absolute Gasteiger partial charge is 0.331 e. The van der Waals surface area contributed by atoms with Gasteiger partial charge in [-0.2, -0.15) is 0 Å². The number of aliphatic hydroxyl groups is 1. The molecule has 0 aromatic rings. The zero-order chi connectivity index (χ0) is 13.2. The highest BCUT2D eigenvalue weighted by molar-refractivity contribution is 5.87. The Balaban J connectivity index is 1.77. The zero-order valence-corrected chi connectivity index (χ0v) is 11.0. The van der Waals surface area contributed by atoms with Gasteiger partial charge in [0, 0.05) is 38.6 Å². The van der Waals surface area contributed by atoms with Crippen LogP contribution in [0, 0.1) is 0 Å². The molecule has 0 aromatic carbocycles. The Hall–Kier alpha value is -0.910. The van der Waals surface area contributed by atoms with Gasteiger partial charge in [-0.3, -0.25) is 4.90 Å². The van der Waals surface area contributed by atoms with Crippen LogP contribution in [0.1, 0.15) is 25.7 Å². The van der Waals surface area contributed by atoms with Crippen molar-refractivity contribution in [1.82, 2.24) is 4.90 Å². The van der Waals surface area contributed by atoms with Gasteiger partial charge in [0.2, 0.25) is 0 Å². The van der Waals surface area contributed by atoms with Gasteiger partial charge in [-0.15, -0.1) is 0 Å². The van der Waals surface area contributed by atoms with Gasteiger partial charge in [0.1, 0.15) is 0 Å². The van der Waals surface area contributed by atoms with Crippen LogP contribution in [0.3, 0.4) is 0 Å². The first-order valence-corrected chi connectivity index (χ1v) is 7.04. The topological polar surface area (TPSA) is 59.0 Å². The minimum Gasteiger partial charge on any atom is -0.450 e. The average molecular weight is 265 g/mol. The molecule has 1 aliphatic carbocycles. The van der Waals surface area contributed by atoms with E-state index in [2.05, 4.69) is 4.90 Å². The maximum Gasteiger partial charge on any atom is 0.331 e. The van der Waals surface area contributed by atoms with Gasteiger partial charge in [-0.05, 0) is 18.4 Å². The Bertz CT molecular complexity index is 462. The normalized spacial score (nSPS) is 48.5. The first-order chi connectivity index (χ1) is 9.14. The third kappa shape index (κ3) is 1.43. The predicted octanol–water partition coefficient (Wildman–Crippen LogP) is 0.225. The Morgan fingerprint density at radius 3 is 3.21 bits per heavy atom. The zero-order valence-electron chi connectivity index (χ0n) is 11.0. The summed E-state index contributed by atoms with van der Waals surface area (Å²) in [7, 11) is 1.74. The summed E-state index contributed by atoms with van der Waals surface area (Å²) in [5, 5.41) is 9.96. The van der Waals surface area contributed by atoms with E-state index in [0.29, 0.717) is 12.5 Å². The standard InChI is InChI=1S/C14H19NO4/c1-18-11-4-8-5-13(17)19-14(8)7-10(11)15-3-2-9(16)6-12(14)15/h5,9-12,16H,2-4,6-7H2,1H3/t9-,10-,11-,12-,14-/m0/s1. The highest BCUT2D eigenvalue weighted by atomic mass is 16.6. The van der Waals surface area contributed by atoms with Crippen molar-refractivity contribution in [3.63, 3.8) is 0 Å². The molecule has 1 spiro atoms. The molecule has 19 heavy (non-hydrogen) atoms. The third-order valence-corrected chi connectivity index (χ3v) is 5.36. The lowest BCUT2D eigenvalue weighted by Gasteiger charge is -2.39. The first-order valence-electron chi connectivity index (χ1n) is 7.04. The van der Waals surface area contributed by atoms with Crippen LogP contribution in [0.25, 0.3) is 0 Å². The lowest BCUT2D eigenvalue weighted by Crippen LogP contribution is -2.51. The minimum absolute atomic E-state index is 0.124. The van der Waals surface area contributed by atoms with E-state index in [1.54, 1.807) is 13.2 Å². The van der Waals surface area contributed by atoms with Crippen molar-refractivity contribution in [3.05, 3.63) is 11.6 Å². The van der Waals surface area contributed by atoms with Crippen LogP contribution in [0.4, 0.5) is 0 Å². The molecule has 3 heterocycles. The van der Waals surface area contributed by atoms with E-state index in [-0.39, 0.29) is 24.2 Å². The number of ether oxygens (including phenoxy) is 2. The maximum absolute atomic E-state index is 11.7. The van der Waals surface area contributed by atoms with Crippen LogP contribution in [-0.2, 0) is 14.3 Å². The molecule has 1 N–H and O–H groups in total. The summed E-state index contributed by atoms with van der Waals surface area (Å²) in [5.74, 6) is -0.229. The van der Waals surface area contributed by atoms with Gasteiger partial charge in [0.15, 0.2) is 5.60 Å². The molecule has 3 fully saturated rings. The summed E-state index contributed by atoms with van der Waals surface area (Å²) in [6.07, 6.45) is 4.58. The fourth-order valence-electron chi connectivity index (χ4n) is 4.55. The molecular formula is C14H19NO4. The van der Waals surface area contributed by atoms with Crippen LogP contribution in [0.2, 0.25) is 0 Å². The van der Waals surface area contributed by atoms with Gasteiger partial charge in [0.05, 0.1) is 18.2 Å². The summed E-state index contributed by atoms with van der Waals surface area (Å²) in [6.45, 7) is 0.864. The Kier molecular flexibility index (Phi) is 2.38. The van der Waals surface area contributed by atoms with Crippen LogP contribution in [0.5, 0.6) is 0 Å². The van der Waals surface area contributed by atoms with Gasteiger partial charge >= 0.3 is 5.97 Å². The van der Waals surface area contributed by atoms with Gasteiger partial charge in [-0.1, -0.05) is 0 Å². The van der Waals surface area contributed by atoms with Gasteiger partial charge < -0.3 is 14.6 Å². The Morgan fingerprint density at radius 1 is 1.58 bits per heavy atom. The Morgan fingerprint density at radius 2 is 2.42 bits per heavy atom. The Labute approximate surface area is 112 Å². The number of aliphatic hydroxyl groups excluding tert-OH is 1. The second kappa shape index (κ2) is 3.81. The van der Waals surface area contributed by atoms with E-state index < -0.39 is 5.60 Å². The molecule has 4 rings (SSSR count). The summed E-state index contributed by atoms with van der Waals surface area (Å²) in [6, 6.07) is 0.435. The quantitative estimate of drug-likeness (QED) is 0.688. The number of hydrogen-bond acceptors (Lipinski definition) is 5. The first kappa shape index (κ1) is 11.9. The molecule has 0 unspecified atom stereocenters. The van der Waals surface area contributed by atoms with Crippen LogP contribution >= 0.6 is 0 Å². The molecular weight excluding hydrogens is 246 g/mol. The van der Waals surface area contributed by atoms with Gasteiger partial charge in [-0.25, -0.2) is 4.79 Å². The van der Waals surface area contributed by atoms with E-state index >= 15 is 0 Å². The number of nitrogens with zero attached hydrogens (tertiary/aromatic N) is 1. The third-order valence-electron chi connectivity index (χ3n) is 5.36. The number of esters is 1. The summed E-state index contributed by atoms with van der Waals surface area (Å²) >= 11 is 0. The maximum atomic E-state index is 11.7. The van der Waals surface area contributed by atoms with E-state index in [1.807, 2.05) is 0 Å². The number of carbonyl (C=O) groups excluding carboxylic acids is 1. The summed E-state index contributed by atoms with van der Waals surface area (Å²) in [5.41, 5.74) is 0.597. The van der Waals surface area contributed by atoms with Crippen LogP contribution in [0.15, 0.2) is 11.6 Å². The van der Waals surface area contributed by atoms with E-state index in [1.165, 1.54) is 0 Å². The van der Waals surface area contributed by atoms with E-state index in [9.17, 15) is 9.90 Å². The molecule has 1 saturated carbocycles. The summed E-state index contributed by atoms with van der Waals surface area (Å²) in [4.78, 5) is 14.1. The SMILES string of the molecule is CO[C@H]1CC2=CC(=O)O[C@@]23C[C@@H]1N1CC[C@H](O)C[C@H]13. The van der Waals surface area contributed by atoms with Crippen molar-refractivity contribution in [2.24, 2.45) is 0 Å². The van der Waals surface area contributed by atoms with Crippen LogP contribution < -0.4 is 0 Å². The molecule has 0 aromatic heterocycles. The molecule has 0 amide bonds. The molecule has 2 bridgehead atoms. The highest BCUT2D eigenvalue weighted by Gasteiger charge is 2.64. The van der Waals surface area contributed by atoms with E-state index in [0.717, 1.165) is 31.4 Å². The summed E-state index contributed by atoms with van der Waals surface area (Å²) < 4.78 is 11.3. The van der Waals surface area contributed by atoms with Gasteiger partial charge in [0.25, 0.3) is 0 Å². The number of piperidine rings is 1. The number of fused-ring (bicyclic) bond motifs is 3. The minimum atomic E-state index is -0.474.